The third-order valence-corrected chi connectivity index (χ3v) is 8.51. The number of hydrogen-bond acceptors (Lipinski definition) is 7. The Morgan fingerprint density at radius 1 is 1.03 bits per heavy atom. The molecule has 39 heavy (non-hydrogen) atoms. The number of amides is 2. The second kappa shape index (κ2) is 11.6. The number of esters is 1. The van der Waals surface area contributed by atoms with Crippen LogP contribution in [0.25, 0.3) is 10.2 Å². The fourth-order valence-corrected chi connectivity index (χ4v) is 6.05. The number of nitrogens with zero attached hydrogens (tertiary/aromatic N) is 3. The average Bonchev–Trinajstić information content (AvgIpc) is 3.24. The Labute approximate surface area is 229 Å². The van der Waals surface area contributed by atoms with E-state index in [2.05, 4.69) is 10.3 Å². The highest BCUT2D eigenvalue weighted by Gasteiger charge is 2.21. The maximum Gasteiger partial charge on any atom is 0.326 e. The van der Waals surface area contributed by atoms with Crippen LogP contribution in [-0.4, -0.2) is 44.4 Å². The number of carbonyl (C=O) groups excluding carboxylic acids is 3. The highest BCUT2D eigenvalue weighted by Crippen LogP contribution is 2.24. The first kappa shape index (κ1) is 27.7. The Balaban J connectivity index is 1.68. The van der Waals surface area contributed by atoms with Crippen LogP contribution in [0.15, 0.2) is 82.7 Å². The van der Waals surface area contributed by atoms with Crippen molar-refractivity contribution in [3.05, 3.63) is 83.2 Å². The Bertz CT molecular complexity index is 1710. The zero-order valence-electron chi connectivity index (χ0n) is 21.5. The van der Waals surface area contributed by atoms with Crippen molar-refractivity contribution in [2.75, 3.05) is 23.3 Å². The lowest BCUT2D eigenvalue weighted by molar-refractivity contribution is -0.143. The molecule has 12 heteroatoms. The predicted molar refractivity (Wildman–Crippen MR) is 149 cm³/mol. The second-order valence-electron chi connectivity index (χ2n) is 8.39. The number of hydrogen-bond donors (Lipinski definition) is 1. The molecule has 0 radical (unpaired) electrons. The van der Waals surface area contributed by atoms with Gasteiger partial charge in [-0.05, 0) is 61.5 Å². The first-order valence-corrected chi connectivity index (χ1v) is 14.2. The quantitative estimate of drug-likeness (QED) is 0.323. The van der Waals surface area contributed by atoms with Gasteiger partial charge < -0.3 is 14.6 Å². The molecule has 0 aliphatic carbocycles. The summed E-state index contributed by atoms with van der Waals surface area (Å²) in [6, 6.07) is 19.3. The summed E-state index contributed by atoms with van der Waals surface area (Å²) in [6.45, 7) is 3.14. The summed E-state index contributed by atoms with van der Waals surface area (Å²) in [4.78, 5) is 41.3. The molecule has 3 aromatic carbocycles. The molecule has 1 aromatic heterocycles. The van der Waals surface area contributed by atoms with Crippen LogP contribution < -0.4 is 14.4 Å². The summed E-state index contributed by atoms with van der Waals surface area (Å²) >= 11 is 1.17. The first-order chi connectivity index (χ1) is 18.6. The van der Waals surface area contributed by atoms with Crippen LogP contribution in [0.3, 0.4) is 0 Å². The van der Waals surface area contributed by atoms with Crippen LogP contribution in [0.5, 0.6) is 0 Å². The zero-order chi connectivity index (χ0) is 28.2. The van der Waals surface area contributed by atoms with E-state index in [4.69, 9.17) is 4.74 Å². The maximum atomic E-state index is 13.1. The summed E-state index contributed by atoms with van der Waals surface area (Å²) in [5.41, 5.74) is 1.88. The number of para-hydroxylation sites is 1. The molecule has 10 nitrogen and oxygen atoms in total. The van der Waals surface area contributed by atoms with Gasteiger partial charge in [0.2, 0.25) is 5.91 Å². The number of benzene rings is 3. The van der Waals surface area contributed by atoms with E-state index in [1.54, 1.807) is 60.0 Å². The molecule has 0 spiro atoms. The van der Waals surface area contributed by atoms with Gasteiger partial charge in [0.15, 0.2) is 4.80 Å². The van der Waals surface area contributed by atoms with E-state index in [-0.39, 0.29) is 34.3 Å². The molecule has 1 N–H and O–H groups in total. The Morgan fingerprint density at radius 3 is 2.36 bits per heavy atom. The van der Waals surface area contributed by atoms with Crippen molar-refractivity contribution in [1.82, 2.24) is 4.57 Å². The number of nitrogens with one attached hydrogen (secondary N) is 1. The molecule has 2 amide bonds. The number of aromatic nitrogens is 1. The molecule has 0 saturated heterocycles. The minimum Gasteiger partial charge on any atom is -0.465 e. The molecule has 0 atom stereocenters. The van der Waals surface area contributed by atoms with Gasteiger partial charge in [-0.3, -0.25) is 18.7 Å². The SMILES string of the molecule is CCOC(=O)Cn1c(=NC(=O)c2ccc(S(=O)(=O)N(C)c3ccccc3)cc2)sc2cc(NC(C)=O)ccc21. The number of fused-ring (bicyclic) bond motifs is 1. The minimum absolute atomic E-state index is 0.0233. The molecule has 1 heterocycles. The van der Waals surface area contributed by atoms with Gasteiger partial charge >= 0.3 is 5.97 Å². The van der Waals surface area contributed by atoms with E-state index in [0.29, 0.717) is 21.6 Å². The summed E-state index contributed by atoms with van der Waals surface area (Å²) in [5, 5.41) is 2.71. The molecule has 0 fully saturated rings. The van der Waals surface area contributed by atoms with Crippen LogP contribution in [0, 0.1) is 0 Å². The van der Waals surface area contributed by atoms with Gasteiger partial charge in [0, 0.05) is 25.2 Å². The molecule has 0 saturated carbocycles. The molecule has 0 aliphatic heterocycles. The molecule has 4 rings (SSSR count). The van der Waals surface area contributed by atoms with E-state index in [0.717, 1.165) is 0 Å². The van der Waals surface area contributed by atoms with Gasteiger partial charge in [0.1, 0.15) is 6.54 Å². The van der Waals surface area contributed by atoms with Crippen molar-refractivity contribution < 1.29 is 27.5 Å². The highest BCUT2D eigenvalue weighted by atomic mass is 32.2. The van der Waals surface area contributed by atoms with E-state index >= 15 is 0 Å². The number of rotatable bonds is 8. The minimum atomic E-state index is -3.84. The second-order valence-corrected chi connectivity index (χ2v) is 11.4. The van der Waals surface area contributed by atoms with E-state index in [1.807, 2.05) is 0 Å². The molecular formula is C27H26N4O6S2. The number of sulfonamides is 1. The highest BCUT2D eigenvalue weighted by molar-refractivity contribution is 7.92. The summed E-state index contributed by atoms with van der Waals surface area (Å²) < 4.78 is 34.6. The molecule has 0 aliphatic rings. The number of carbonyl (C=O) groups is 3. The van der Waals surface area contributed by atoms with Crippen molar-refractivity contribution >= 4 is 60.7 Å². The standard InChI is InChI=1S/C27H26N4O6S2/c1-4-37-25(33)17-31-23-15-12-20(28-18(2)32)16-24(23)38-27(31)29-26(34)19-10-13-22(14-11-19)39(35,36)30(3)21-8-6-5-7-9-21/h5-16H,4,17H2,1-3H3,(H,28,32). The normalized spacial score (nSPS) is 11.8. The Kier molecular flexibility index (Phi) is 8.27. The summed E-state index contributed by atoms with van der Waals surface area (Å²) in [7, 11) is -2.38. The molecule has 4 aromatic rings. The monoisotopic (exact) mass is 566 g/mol. The molecule has 0 unspecified atom stereocenters. The lowest BCUT2D eigenvalue weighted by Crippen LogP contribution is -2.26. The first-order valence-electron chi connectivity index (χ1n) is 11.9. The predicted octanol–water partition coefficient (Wildman–Crippen LogP) is 3.79. The van der Waals surface area contributed by atoms with E-state index in [9.17, 15) is 22.8 Å². The smallest absolute Gasteiger partial charge is 0.326 e. The van der Waals surface area contributed by atoms with Crippen molar-refractivity contribution in [2.24, 2.45) is 4.99 Å². The topological polar surface area (TPSA) is 127 Å². The van der Waals surface area contributed by atoms with E-state index < -0.39 is 21.9 Å². The fourth-order valence-electron chi connectivity index (χ4n) is 3.78. The third kappa shape index (κ3) is 6.24. The lowest BCUT2D eigenvalue weighted by atomic mass is 10.2. The van der Waals surface area contributed by atoms with Crippen molar-refractivity contribution in [1.29, 1.82) is 0 Å². The largest absolute Gasteiger partial charge is 0.465 e. The van der Waals surface area contributed by atoms with Gasteiger partial charge in [0.25, 0.3) is 15.9 Å². The van der Waals surface area contributed by atoms with Gasteiger partial charge in [0.05, 0.1) is 27.4 Å². The third-order valence-electron chi connectivity index (χ3n) is 5.67. The van der Waals surface area contributed by atoms with Crippen LogP contribution in [0.2, 0.25) is 0 Å². The van der Waals surface area contributed by atoms with Crippen LogP contribution in [0.4, 0.5) is 11.4 Å². The van der Waals surface area contributed by atoms with Crippen molar-refractivity contribution in [3.63, 3.8) is 0 Å². The fraction of sp³-hybridized carbons (Fsp3) is 0.185. The van der Waals surface area contributed by atoms with Gasteiger partial charge in [-0.2, -0.15) is 4.99 Å². The van der Waals surface area contributed by atoms with Gasteiger partial charge in [-0.15, -0.1) is 0 Å². The molecular weight excluding hydrogens is 540 g/mol. The number of anilines is 2. The number of ether oxygens (including phenoxy) is 1. The lowest BCUT2D eigenvalue weighted by Gasteiger charge is -2.19. The Morgan fingerprint density at radius 2 is 1.72 bits per heavy atom. The van der Waals surface area contributed by atoms with Crippen molar-refractivity contribution in [3.8, 4) is 0 Å². The Hall–Kier alpha value is -4.29. The van der Waals surface area contributed by atoms with Crippen molar-refractivity contribution in [2.45, 2.75) is 25.3 Å². The van der Waals surface area contributed by atoms with Crippen LogP contribution in [0.1, 0.15) is 24.2 Å². The summed E-state index contributed by atoms with van der Waals surface area (Å²) in [6.07, 6.45) is 0. The molecule has 0 bridgehead atoms. The van der Waals surface area contributed by atoms with Gasteiger partial charge in [-0.1, -0.05) is 29.5 Å². The van der Waals surface area contributed by atoms with Crippen LogP contribution in [-0.2, 0) is 30.9 Å². The van der Waals surface area contributed by atoms with Gasteiger partial charge in [-0.25, -0.2) is 8.42 Å². The zero-order valence-corrected chi connectivity index (χ0v) is 23.1. The average molecular weight is 567 g/mol. The van der Waals surface area contributed by atoms with E-state index in [1.165, 1.54) is 53.9 Å². The van der Waals surface area contributed by atoms with Crippen LogP contribution >= 0.6 is 11.3 Å². The molecule has 202 valence electrons. The number of thiazole rings is 1. The summed E-state index contributed by atoms with van der Waals surface area (Å²) in [5.74, 6) is -1.33. The maximum absolute atomic E-state index is 13.1.